The third-order valence-corrected chi connectivity index (χ3v) is 6.51. The van der Waals surface area contributed by atoms with Gasteiger partial charge in [0.25, 0.3) is 0 Å². The smallest absolute Gasteiger partial charge is 0.337 e. The van der Waals surface area contributed by atoms with Gasteiger partial charge in [0.2, 0.25) is 5.79 Å². The number of ether oxygens (including phenoxy) is 4. The number of fused-ring (bicyclic) bond motifs is 1. The minimum absolute atomic E-state index is 0.0150. The molecule has 3 fully saturated rings. The molecule has 6 nitrogen and oxygen atoms in total. The fourth-order valence-corrected chi connectivity index (χ4v) is 5.06. The lowest BCUT2D eigenvalue weighted by Crippen LogP contribution is -2.53. The lowest BCUT2D eigenvalue weighted by atomic mass is 9.64. The first-order chi connectivity index (χ1) is 12.4. The minimum Gasteiger partial charge on any atom is -0.493 e. The van der Waals surface area contributed by atoms with Crippen LogP contribution in [-0.2, 0) is 19.7 Å². The van der Waals surface area contributed by atoms with Gasteiger partial charge < -0.3 is 23.8 Å². The maximum absolute atomic E-state index is 11.9. The summed E-state index contributed by atoms with van der Waals surface area (Å²) >= 11 is 0. The highest BCUT2D eigenvalue weighted by molar-refractivity contribution is 5.76. The van der Waals surface area contributed by atoms with E-state index in [0.29, 0.717) is 6.42 Å². The molecule has 0 amide bonds. The number of rotatable bonds is 3. The van der Waals surface area contributed by atoms with E-state index >= 15 is 0 Å². The molecule has 4 rings (SSSR count). The number of benzene rings is 1. The molecule has 3 aliphatic rings. The van der Waals surface area contributed by atoms with Gasteiger partial charge in [-0.05, 0) is 51.1 Å². The van der Waals surface area contributed by atoms with Crippen LogP contribution in [0.1, 0.15) is 38.2 Å². The number of esters is 1. The van der Waals surface area contributed by atoms with Crippen molar-refractivity contribution in [1.82, 2.24) is 4.90 Å². The molecule has 0 radical (unpaired) electrons. The monoisotopic (exact) mass is 361 g/mol. The topological polar surface area (TPSA) is 57.2 Å². The van der Waals surface area contributed by atoms with Crippen molar-refractivity contribution < 1.29 is 23.7 Å². The number of carbonyl (C=O) groups is 1. The van der Waals surface area contributed by atoms with E-state index in [-0.39, 0.29) is 17.4 Å². The molecule has 4 atom stereocenters. The van der Waals surface area contributed by atoms with Crippen molar-refractivity contribution in [2.45, 2.75) is 56.0 Å². The lowest BCUT2D eigenvalue weighted by Gasteiger charge is -2.47. The normalized spacial score (nSPS) is 36.8. The number of carbonyl (C=O) groups excluding carboxylic acids is 1. The maximum atomic E-state index is 11.9. The molecular formula is C20H27NO5. The SMILES string of the molecule is COc1ccc([C@]23CCN(C)[C@H]2CC2(CC3)OC(=O)[C@H](C)O2)cc1OC. The Kier molecular flexibility index (Phi) is 4.15. The number of likely N-dealkylation sites (N-methyl/N-ethyl adjacent to an activating group) is 1. The second-order valence-corrected chi connectivity index (χ2v) is 7.77. The fraction of sp³-hybridized carbons (Fsp3) is 0.650. The van der Waals surface area contributed by atoms with E-state index in [1.807, 2.05) is 6.07 Å². The predicted molar refractivity (Wildman–Crippen MR) is 95.5 cm³/mol. The zero-order chi connectivity index (χ0) is 18.5. The average Bonchev–Trinajstić information content (AvgIpc) is 3.12. The molecule has 142 valence electrons. The van der Waals surface area contributed by atoms with Crippen LogP contribution in [0.4, 0.5) is 0 Å². The van der Waals surface area contributed by atoms with E-state index in [2.05, 4.69) is 24.1 Å². The van der Waals surface area contributed by atoms with Crippen LogP contribution in [-0.4, -0.2) is 56.6 Å². The molecule has 6 heteroatoms. The van der Waals surface area contributed by atoms with E-state index in [1.165, 1.54) is 5.56 Å². The molecule has 26 heavy (non-hydrogen) atoms. The van der Waals surface area contributed by atoms with Gasteiger partial charge in [0.05, 0.1) is 14.2 Å². The second-order valence-electron chi connectivity index (χ2n) is 7.77. The number of likely N-dealkylation sites (tertiary alicyclic amines) is 1. The molecule has 2 heterocycles. The van der Waals surface area contributed by atoms with E-state index in [9.17, 15) is 4.79 Å². The van der Waals surface area contributed by atoms with Gasteiger partial charge in [-0.3, -0.25) is 0 Å². The zero-order valence-electron chi connectivity index (χ0n) is 15.9. The van der Waals surface area contributed by atoms with Crippen molar-refractivity contribution in [2.24, 2.45) is 0 Å². The van der Waals surface area contributed by atoms with Gasteiger partial charge in [0, 0.05) is 24.3 Å². The van der Waals surface area contributed by atoms with Crippen molar-refractivity contribution in [2.75, 3.05) is 27.8 Å². The van der Waals surface area contributed by atoms with Crippen LogP contribution in [0.25, 0.3) is 0 Å². The van der Waals surface area contributed by atoms with Crippen LogP contribution in [0, 0.1) is 0 Å². The fourth-order valence-electron chi connectivity index (χ4n) is 5.06. The van der Waals surface area contributed by atoms with E-state index in [0.717, 1.165) is 37.3 Å². The summed E-state index contributed by atoms with van der Waals surface area (Å²) < 4.78 is 22.6. The summed E-state index contributed by atoms with van der Waals surface area (Å²) in [6.07, 6.45) is 2.94. The van der Waals surface area contributed by atoms with Crippen molar-refractivity contribution in [3.8, 4) is 11.5 Å². The van der Waals surface area contributed by atoms with E-state index in [1.54, 1.807) is 21.1 Å². The van der Waals surface area contributed by atoms with Gasteiger partial charge in [-0.15, -0.1) is 0 Å². The Labute approximate surface area is 154 Å². The first kappa shape index (κ1) is 17.6. The second kappa shape index (κ2) is 6.13. The minimum atomic E-state index is -0.764. The molecule has 1 saturated carbocycles. The molecule has 1 aromatic rings. The Bertz CT molecular complexity index is 722. The molecule has 1 aromatic carbocycles. The van der Waals surface area contributed by atoms with Crippen molar-refractivity contribution in [3.05, 3.63) is 23.8 Å². The number of hydrogen-bond acceptors (Lipinski definition) is 6. The number of methoxy groups -OCH3 is 2. The van der Waals surface area contributed by atoms with Gasteiger partial charge in [0.1, 0.15) is 0 Å². The average molecular weight is 361 g/mol. The van der Waals surface area contributed by atoms with Crippen molar-refractivity contribution in [3.63, 3.8) is 0 Å². The zero-order valence-corrected chi connectivity index (χ0v) is 15.9. The van der Waals surface area contributed by atoms with Gasteiger partial charge in [0.15, 0.2) is 17.6 Å². The van der Waals surface area contributed by atoms with E-state index < -0.39 is 11.9 Å². The highest BCUT2D eigenvalue weighted by atomic mass is 16.8. The summed E-state index contributed by atoms with van der Waals surface area (Å²) in [5.41, 5.74) is 1.28. The summed E-state index contributed by atoms with van der Waals surface area (Å²) in [7, 11) is 5.46. The third kappa shape index (κ3) is 2.50. The molecule has 1 unspecified atom stereocenters. The molecule has 1 aliphatic carbocycles. The molecule has 1 spiro atoms. The summed E-state index contributed by atoms with van der Waals surface area (Å²) in [5, 5.41) is 0. The molecule has 2 saturated heterocycles. The number of nitrogens with zero attached hydrogens (tertiary/aromatic N) is 1. The Hall–Kier alpha value is -1.79. The first-order valence-electron chi connectivity index (χ1n) is 9.26. The summed E-state index contributed by atoms with van der Waals surface area (Å²) in [6.45, 7) is 2.78. The predicted octanol–water partition coefficient (Wildman–Crippen LogP) is 2.49. The highest BCUT2D eigenvalue weighted by Gasteiger charge is 2.59. The molecular weight excluding hydrogens is 334 g/mol. The van der Waals surface area contributed by atoms with Crippen molar-refractivity contribution >= 4 is 5.97 Å². The van der Waals surface area contributed by atoms with Crippen LogP contribution in [0.3, 0.4) is 0 Å². The summed E-state index contributed by atoms with van der Waals surface area (Å²) in [6, 6.07) is 6.49. The Morgan fingerprint density at radius 1 is 1.15 bits per heavy atom. The third-order valence-electron chi connectivity index (χ3n) is 6.51. The Morgan fingerprint density at radius 2 is 1.92 bits per heavy atom. The van der Waals surface area contributed by atoms with Gasteiger partial charge >= 0.3 is 5.97 Å². The van der Waals surface area contributed by atoms with E-state index in [4.69, 9.17) is 18.9 Å². The van der Waals surface area contributed by atoms with Gasteiger partial charge in [-0.1, -0.05) is 6.07 Å². The summed E-state index contributed by atoms with van der Waals surface area (Å²) in [5.74, 6) is 0.485. The van der Waals surface area contributed by atoms with Gasteiger partial charge in [-0.2, -0.15) is 0 Å². The molecule has 0 bridgehead atoms. The van der Waals surface area contributed by atoms with Gasteiger partial charge in [-0.25, -0.2) is 4.79 Å². The maximum Gasteiger partial charge on any atom is 0.337 e. The molecule has 0 N–H and O–H groups in total. The lowest BCUT2D eigenvalue weighted by molar-refractivity contribution is -0.204. The van der Waals surface area contributed by atoms with Crippen LogP contribution >= 0.6 is 0 Å². The standard InChI is InChI=1S/C20H27NO5/c1-13-18(22)26-20(25-13)8-7-19(9-10-21(2)17(19)12-20)14-5-6-15(23-3)16(11-14)24-4/h5-6,11,13,17H,7-10,12H2,1-4H3/t13-,17-,19-,20?/m0/s1. The van der Waals surface area contributed by atoms with Crippen molar-refractivity contribution in [1.29, 1.82) is 0 Å². The largest absolute Gasteiger partial charge is 0.493 e. The summed E-state index contributed by atoms with van der Waals surface area (Å²) in [4.78, 5) is 14.3. The van der Waals surface area contributed by atoms with Crippen LogP contribution in [0.15, 0.2) is 18.2 Å². The first-order valence-corrected chi connectivity index (χ1v) is 9.26. The molecule has 0 aromatic heterocycles. The van der Waals surface area contributed by atoms with Crippen LogP contribution < -0.4 is 9.47 Å². The quantitative estimate of drug-likeness (QED) is 0.771. The number of hydrogen-bond donors (Lipinski definition) is 0. The highest BCUT2D eigenvalue weighted by Crippen LogP contribution is 2.54. The molecule has 2 aliphatic heterocycles. The van der Waals surface area contributed by atoms with Crippen LogP contribution in [0.5, 0.6) is 11.5 Å². The Balaban J connectivity index is 1.69. The van der Waals surface area contributed by atoms with Crippen LogP contribution in [0.2, 0.25) is 0 Å². The Morgan fingerprint density at radius 3 is 2.58 bits per heavy atom.